The Morgan fingerprint density at radius 3 is 3.10 bits per heavy atom. The molecule has 1 rings (SSSR count). The summed E-state index contributed by atoms with van der Waals surface area (Å²) < 4.78 is 0. The third kappa shape index (κ3) is 2.18. The van der Waals surface area contributed by atoms with Crippen LogP contribution in [0, 0.1) is 0 Å². The second-order valence-corrected chi connectivity index (χ2v) is 2.31. The Morgan fingerprint density at radius 2 is 2.50 bits per heavy atom. The molecule has 0 fully saturated rings. The highest BCUT2D eigenvalue weighted by Gasteiger charge is 1.90. The molecular formula is C9H13N. The van der Waals surface area contributed by atoms with Gasteiger partial charge in [-0.1, -0.05) is 18.2 Å². The Hall–Kier alpha value is -0.850. The summed E-state index contributed by atoms with van der Waals surface area (Å²) in [6.45, 7) is 2.93. The first-order chi connectivity index (χ1) is 4.93. The molecule has 54 valence electrons. The number of rotatable bonds is 2. The predicted octanol–water partition coefficient (Wildman–Crippen LogP) is 2.35. The van der Waals surface area contributed by atoms with Crippen molar-refractivity contribution < 1.29 is 0 Å². The van der Waals surface area contributed by atoms with Crippen molar-refractivity contribution in [2.75, 3.05) is 6.54 Å². The molecule has 0 aromatic rings. The molecule has 0 bridgehead atoms. The molecule has 0 heterocycles. The summed E-state index contributed by atoms with van der Waals surface area (Å²) in [6.07, 6.45) is 10.8. The highest BCUT2D eigenvalue weighted by Crippen LogP contribution is 2.06. The minimum atomic E-state index is 0.880. The van der Waals surface area contributed by atoms with E-state index in [-0.39, 0.29) is 0 Å². The SMILES string of the molecule is CCN=CC1=CCCC=C1. The fourth-order valence-corrected chi connectivity index (χ4v) is 0.926. The molecule has 0 aliphatic heterocycles. The van der Waals surface area contributed by atoms with Crippen molar-refractivity contribution in [3.63, 3.8) is 0 Å². The van der Waals surface area contributed by atoms with Crippen LogP contribution in [0.1, 0.15) is 19.8 Å². The van der Waals surface area contributed by atoms with Gasteiger partial charge in [0, 0.05) is 12.8 Å². The van der Waals surface area contributed by atoms with Crippen molar-refractivity contribution in [1.29, 1.82) is 0 Å². The van der Waals surface area contributed by atoms with Gasteiger partial charge in [-0.15, -0.1) is 0 Å². The average molecular weight is 135 g/mol. The summed E-state index contributed by atoms with van der Waals surface area (Å²) >= 11 is 0. The third-order valence-corrected chi connectivity index (χ3v) is 1.45. The van der Waals surface area contributed by atoms with E-state index in [2.05, 4.69) is 23.2 Å². The van der Waals surface area contributed by atoms with Crippen LogP contribution in [0.2, 0.25) is 0 Å². The summed E-state index contributed by atoms with van der Waals surface area (Å²) in [5.41, 5.74) is 1.26. The quantitative estimate of drug-likeness (QED) is 0.515. The first-order valence-electron chi connectivity index (χ1n) is 3.80. The summed E-state index contributed by atoms with van der Waals surface area (Å²) in [4.78, 5) is 4.15. The van der Waals surface area contributed by atoms with E-state index in [0.717, 1.165) is 6.54 Å². The highest BCUT2D eigenvalue weighted by atomic mass is 14.7. The van der Waals surface area contributed by atoms with Crippen molar-refractivity contribution >= 4 is 6.21 Å². The van der Waals surface area contributed by atoms with Crippen LogP contribution in [-0.4, -0.2) is 12.8 Å². The van der Waals surface area contributed by atoms with Gasteiger partial charge < -0.3 is 0 Å². The van der Waals surface area contributed by atoms with Crippen molar-refractivity contribution in [2.24, 2.45) is 4.99 Å². The smallest absolute Gasteiger partial charge is 0.0361 e. The molecular weight excluding hydrogens is 122 g/mol. The lowest BCUT2D eigenvalue weighted by atomic mass is 10.1. The fraction of sp³-hybridized carbons (Fsp3) is 0.444. The van der Waals surface area contributed by atoms with Gasteiger partial charge in [-0.25, -0.2) is 0 Å². The van der Waals surface area contributed by atoms with Crippen LogP contribution in [0.3, 0.4) is 0 Å². The molecule has 0 radical (unpaired) electrons. The van der Waals surface area contributed by atoms with Crippen LogP contribution in [-0.2, 0) is 0 Å². The Morgan fingerprint density at radius 1 is 1.60 bits per heavy atom. The summed E-state index contributed by atoms with van der Waals surface area (Å²) in [5.74, 6) is 0. The van der Waals surface area contributed by atoms with Crippen LogP contribution in [0.4, 0.5) is 0 Å². The van der Waals surface area contributed by atoms with E-state index >= 15 is 0 Å². The highest BCUT2D eigenvalue weighted by molar-refractivity contribution is 5.82. The van der Waals surface area contributed by atoms with E-state index in [1.54, 1.807) is 0 Å². The third-order valence-electron chi connectivity index (χ3n) is 1.45. The molecule has 0 atom stereocenters. The minimum Gasteiger partial charge on any atom is -0.293 e. The Bertz CT molecular complexity index is 175. The average Bonchev–Trinajstić information content (AvgIpc) is 2.03. The number of hydrogen-bond acceptors (Lipinski definition) is 1. The number of nitrogens with zero attached hydrogens (tertiary/aromatic N) is 1. The van der Waals surface area contributed by atoms with Gasteiger partial charge in [0.2, 0.25) is 0 Å². The van der Waals surface area contributed by atoms with E-state index in [4.69, 9.17) is 0 Å². The lowest BCUT2D eigenvalue weighted by Crippen LogP contribution is -1.86. The fourth-order valence-electron chi connectivity index (χ4n) is 0.926. The van der Waals surface area contributed by atoms with Gasteiger partial charge in [-0.2, -0.15) is 0 Å². The molecule has 1 nitrogen and oxygen atoms in total. The molecule has 1 heteroatoms. The monoisotopic (exact) mass is 135 g/mol. The topological polar surface area (TPSA) is 12.4 Å². The first kappa shape index (κ1) is 7.26. The molecule has 1 aliphatic rings. The molecule has 0 saturated carbocycles. The minimum absolute atomic E-state index is 0.880. The lowest BCUT2D eigenvalue weighted by Gasteiger charge is -1.98. The van der Waals surface area contributed by atoms with Crippen LogP contribution in [0.15, 0.2) is 28.8 Å². The maximum Gasteiger partial charge on any atom is 0.0361 e. The molecule has 0 amide bonds. The zero-order chi connectivity index (χ0) is 7.23. The number of allylic oxidation sites excluding steroid dienone is 4. The van der Waals surface area contributed by atoms with Crippen LogP contribution in [0.25, 0.3) is 0 Å². The summed E-state index contributed by atoms with van der Waals surface area (Å²) in [6, 6.07) is 0. The van der Waals surface area contributed by atoms with E-state index < -0.39 is 0 Å². The molecule has 0 saturated heterocycles. The van der Waals surface area contributed by atoms with Crippen molar-refractivity contribution in [1.82, 2.24) is 0 Å². The standard InChI is InChI=1S/C9H13N/c1-2-10-8-9-6-4-3-5-7-9/h4,6-8H,2-3,5H2,1H3. The zero-order valence-electron chi connectivity index (χ0n) is 6.38. The van der Waals surface area contributed by atoms with E-state index in [0.29, 0.717) is 0 Å². The molecule has 0 spiro atoms. The molecule has 0 N–H and O–H groups in total. The Balaban J connectivity index is 2.47. The van der Waals surface area contributed by atoms with Gasteiger partial charge in [0.15, 0.2) is 0 Å². The summed E-state index contributed by atoms with van der Waals surface area (Å²) in [7, 11) is 0. The van der Waals surface area contributed by atoms with Crippen LogP contribution in [0.5, 0.6) is 0 Å². The second-order valence-electron chi connectivity index (χ2n) is 2.31. The lowest BCUT2D eigenvalue weighted by molar-refractivity contribution is 1.03. The molecule has 0 unspecified atom stereocenters. The van der Waals surface area contributed by atoms with Crippen LogP contribution < -0.4 is 0 Å². The normalized spacial score (nSPS) is 17.9. The number of hydrogen-bond donors (Lipinski definition) is 0. The van der Waals surface area contributed by atoms with Gasteiger partial charge in [0.25, 0.3) is 0 Å². The van der Waals surface area contributed by atoms with Gasteiger partial charge in [-0.3, -0.25) is 4.99 Å². The van der Waals surface area contributed by atoms with Gasteiger partial charge in [-0.05, 0) is 25.3 Å². The van der Waals surface area contributed by atoms with Crippen molar-refractivity contribution in [3.8, 4) is 0 Å². The Labute approximate surface area is 62.2 Å². The molecule has 10 heavy (non-hydrogen) atoms. The molecule has 0 aromatic carbocycles. The predicted molar refractivity (Wildman–Crippen MR) is 45.5 cm³/mol. The van der Waals surface area contributed by atoms with E-state index in [9.17, 15) is 0 Å². The first-order valence-corrected chi connectivity index (χ1v) is 3.80. The van der Waals surface area contributed by atoms with Gasteiger partial charge in [0.1, 0.15) is 0 Å². The van der Waals surface area contributed by atoms with E-state index in [1.807, 2.05) is 13.1 Å². The maximum atomic E-state index is 4.15. The van der Waals surface area contributed by atoms with E-state index in [1.165, 1.54) is 18.4 Å². The zero-order valence-corrected chi connectivity index (χ0v) is 6.38. The molecule has 1 aliphatic carbocycles. The van der Waals surface area contributed by atoms with Gasteiger partial charge in [0.05, 0.1) is 0 Å². The maximum absolute atomic E-state index is 4.15. The summed E-state index contributed by atoms with van der Waals surface area (Å²) in [5, 5.41) is 0. The second kappa shape index (κ2) is 4.04. The Kier molecular flexibility index (Phi) is 2.94. The van der Waals surface area contributed by atoms with Crippen molar-refractivity contribution in [2.45, 2.75) is 19.8 Å². The molecule has 0 aromatic heterocycles. The van der Waals surface area contributed by atoms with Crippen molar-refractivity contribution in [3.05, 3.63) is 23.8 Å². The largest absolute Gasteiger partial charge is 0.293 e. The van der Waals surface area contributed by atoms with Gasteiger partial charge >= 0.3 is 0 Å². The number of aliphatic imine (C=N–C) groups is 1. The van der Waals surface area contributed by atoms with Crippen LogP contribution >= 0.6 is 0 Å².